The van der Waals surface area contributed by atoms with Crippen LogP contribution in [-0.4, -0.2) is 6.26 Å². The molecule has 1 rings (SSSR count). The number of hydrogen-bond donors (Lipinski definition) is 2. The summed E-state index contributed by atoms with van der Waals surface area (Å²) in [7, 11) is 0. The zero-order valence-corrected chi connectivity index (χ0v) is 12.0. The minimum Gasteiger partial charge on any atom is -0.271 e. The van der Waals surface area contributed by atoms with Crippen molar-refractivity contribution in [2.24, 2.45) is 5.84 Å². The largest absolute Gasteiger partial charge is 0.271 e. The number of allylic oxidation sites excluding steroid dienone is 1. The molecule has 0 aliphatic rings. The standard InChI is InChI=1S/C15H24N2S/c1-3-4-5-6-7-11-14(17-16)13-10-8-9-12-15(13)18-2/h3,8-10,12,14,17H,1,4-7,11,16H2,2H3. The first kappa shape index (κ1) is 15.3. The van der Waals surface area contributed by atoms with Crippen LogP contribution >= 0.6 is 11.8 Å². The maximum Gasteiger partial charge on any atom is 0.0471 e. The Labute approximate surface area is 115 Å². The zero-order valence-electron chi connectivity index (χ0n) is 11.2. The molecule has 0 aliphatic carbocycles. The fourth-order valence-corrected chi connectivity index (χ4v) is 2.76. The van der Waals surface area contributed by atoms with Gasteiger partial charge in [-0.25, -0.2) is 0 Å². The molecule has 0 amide bonds. The number of hydrazine groups is 1. The Balaban J connectivity index is 2.51. The summed E-state index contributed by atoms with van der Waals surface area (Å²) in [5.74, 6) is 5.69. The van der Waals surface area contributed by atoms with Gasteiger partial charge in [0.05, 0.1) is 0 Å². The maximum absolute atomic E-state index is 5.69. The Morgan fingerprint density at radius 3 is 2.78 bits per heavy atom. The van der Waals surface area contributed by atoms with E-state index in [-0.39, 0.29) is 6.04 Å². The Kier molecular flexibility index (Phi) is 7.81. The van der Waals surface area contributed by atoms with Crippen molar-refractivity contribution in [3.63, 3.8) is 0 Å². The van der Waals surface area contributed by atoms with E-state index in [0.29, 0.717) is 0 Å². The van der Waals surface area contributed by atoms with Gasteiger partial charge in [-0.2, -0.15) is 0 Å². The highest BCUT2D eigenvalue weighted by atomic mass is 32.2. The molecule has 2 nitrogen and oxygen atoms in total. The molecule has 0 aromatic heterocycles. The van der Waals surface area contributed by atoms with Crippen LogP contribution in [0, 0.1) is 0 Å². The van der Waals surface area contributed by atoms with Gasteiger partial charge < -0.3 is 0 Å². The second-order valence-corrected chi connectivity index (χ2v) is 5.24. The third kappa shape index (κ3) is 4.84. The van der Waals surface area contributed by atoms with Crippen LogP contribution in [0.2, 0.25) is 0 Å². The summed E-state index contributed by atoms with van der Waals surface area (Å²) in [5.41, 5.74) is 4.27. The molecule has 100 valence electrons. The van der Waals surface area contributed by atoms with Crippen molar-refractivity contribution < 1.29 is 0 Å². The Bertz CT molecular complexity index is 352. The highest BCUT2D eigenvalue weighted by Crippen LogP contribution is 2.28. The second kappa shape index (κ2) is 9.20. The van der Waals surface area contributed by atoms with Crippen molar-refractivity contribution in [1.82, 2.24) is 5.43 Å². The molecule has 3 N–H and O–H groups in total. The van der Waals surface area contributed by atoms with Crippen molar-refractivity contribution >= 4 is 11.8 Å². The summed E-state index contributed by atoms with van der Waals surface area (Å²) in [6.45, 7) is 3.74. The van der Waals surface area contributed by atoms with Crippen molar-refractivity contribution in [1.29, 1.82) is 0 Å². The maximum atomic E-state index is 5.69. The molecule has 0 heterocycles. The zero-order chi connectivity index (χ0) is 13.2. The number of rotatable bonds is 9. The topological polar surface area (TPSA) is 38.0 Å². The summed E-state index contributed by atoms with van der Waals surface area (Å²) in [5, 5.41) is 0. The van der Waals surface area contributed by atoms with Crippen LogP contribution in [0.25, 0.3) is 0 Å². The van der Waals surface area contributed by atoms with Gasteiger partial charge in [0.2, 0.25) is 0 Å². The van der Waals surface area contributed by atoms with Crippen LogP contribution < -0.4 is 11.3 Å². The minimum atomic E-state index is 0.261. The van der Waals surface area contributed by atoms with E-state index in [0.717, 1.165) is 12.8 Å². The van der Waals surface area contributed by atoms with E-state index in [2.05, 4.69) is 42.5 Å². The van der Waals surface area contributed by atoms with Gasteiger partial charge in [0.15, 0.2) is 0 Å². The summed E-state index contributed by atoms with van der Waals surface area (Å²) < 4.78 is 0. The quantitative estimate of drug-likeness (QED) is 0.232. The fraction of sp³-hybridized carbons (Fsp3) is 0.467. The van der Waals surface area contributed by atoms with Crippen LogP contribution in [0.1, 0.15) is 43.7 Å². The number of unbranched alkanes of at least 4 members (excludes halogenated alkanes) is 3. The third-order valence-electron chi connectivity index (χ3n) is 3.12. The molecule has 0 fully saturated rings. The van der Waals surface area contributed by atoms with E-state index in [4.69, 9.17) is 5.84 Å². The van der Waals surface area contributed by atoms with E-state index < -0.39 is 0 Å². The molecule has 1 unspecified atom stereocenters. The fourth-order valence-electron chi connectivity index (χ4n) is 2.10. The number of hydrogen-bond acceptors (Lipinski definition) is 3. The molecule has 3 heteroatoms. The molecule has 0 saturated heterocycles. The SMILES string of the molecule is C=CCCCCCC(NN)c1ccccc1SC. The lowest BCUT2D eigenvalue weighted by Gasteiger charge is -2.18. The molecular weight excluding hydrogens is 240 g/mol. The van der Waals surface area contributed by atoms with Gasteiger partial charge in [-0.3, -0.25) is 11.3 Å². The van der Waals surface area contributed by atoms with Crippen molar-refractivity contribution in [3.05, 3.63) is 42.5 Å². The normalized spacial score (nSPS) is 12.3. The Hall–Kier alpha value is -0.770. The lowest BCUT2D eigenvalue weighted by Crippen LogP contribution is -2.28. The lowest BCUT2D eigenvalue weighted by atomic mass is 10.0. The Morgan fingerprint density at radius 2 is 2.11 bits per heavy atom. The van der Waals surface area contributed by atoms with E-state index >= 15 is 0 Å². The van der Waals surface area contributed by atoms with Gasteiger partial charge in [-0.15, -0.1) is 18.3 Å². The first-order valence-electron chi connectivity index (χ1n) is 6.53. The van der Waals surface area contributed by atoms with Crippen LogP contribution in [0.3, 0.4) is 0 Å². The number of nitrogens with two attached hydrogens (primary N) is 1. The van der Waals surface area contributed by atoms with E-state index in [1.165, 1.54) is 29.7 Å². The van der Waals surface area contributed by atoms with Crippen LogP contribution in [0.15, 0.2) is 41.8 Å². The summed E-state index contributed by atoms with van der Waals surface area (Å²) >= 11 is 1.78. The lowest BCUT2D eigenvalue weighted by molar-refractivity contribution is 0.478. The van der Waals surface area contributed by atoms with Gasteiger partial charge in [-0.1, -0.05) is 37.1 Å². The molecule has 18 heavy (non-hydrogen) atoms. The van der Waals surface area contributed by atoms with Crippen molar-refractivity contribution in [3.8, 4) is 0 Å². The molecule has 1 atom stereocenters. The van der Waals surface area contributed by atoms with Crippen LogP contribution in [0.5, 0.6) is 0 Å². The van der Waals surface area contributed by atoms with Crippen LogP contribution in [0.4, 0.5) is 0 Å². The van der Waals surface area contributed by atoms with Crippen molar-refractivity contribution in [2.75, 3.05) is 6.26 Å². The minimum absolute atomic E-state index is 0.261. The van der Waals surface area contributed by atoms with Gasteiger partial charge in [0, 0.05) is 10.9 Å². The highest BCUT2D eigenvalue weighted by Gasteiger charge is 2.12. The smallest absolute Gasteiger partial charge is 0.0471 e. The average molecular weight is 264 g/mol. The predicted molar refractivity (Wildman–Crippen MR) is 81.6 cm³/mol. The highest BCUT2D eigenvalue weighted by molar-refractivity contribution is 7.98. The van der Waals surface area contributed by atoms with Gasteiger partial charge in [0.25, 0.3) is 0 Å². The first-order chi connectivity index (χ1) is 8.83. The predicted octanol–water partition coefficient (Wildman–Crippen LogP) is 4.05. The van der Waals surface area contributed by atoms with Crippen LogP contribution in [-0.2, 0) is 0 Å². The number of thioether (sulfide) groups is 1. The summed E-state index contributed by atoms with van der Waals surface area (Å²) in [6, 6.07) is 8.74. The van der Waals surface area contributed by atoms with Gasteiger partial charge in [0.1, 0.15) is 0 Å². The summed E-state index contributed by atoms with van der Waals surface area (Å²) in [4.78, 5) is 1.31. The molecule has 0 radical (unpaired) electrons. The first-order valence-corrected chi connectivity index (χ1v) is 7.76. The molecule has 0 saturated carbocycles. The molecule has 0 bridgehead atoms. The van der Waals surface area contributed by atoms with E-state index in [1.807, 2.05) is 6.08 Å². The number of benzene rings is 1. The van der Waals surface area contributed by atoms with Crippen molar-refractivity contribution in [2.45, 2.75) is 43.0 Å². The Morgan fingerprint density at radius 1 is 1.33 bits per heavy atom. The summed E-state index contributed by atoms with van der Waals surface area (Å²) in [6.07, 6.45) is 9.97. The molecule has 0 aliphatic heterocycles. The van der Waals surface area contributed by atoms with E-state index in [9.17, 15) is 0 Å². The van der Waals surface area contributed by atoms with Gasteiger partial charge >= 0.3 is 0 Å². The van der Waals surface area contributed by atoms with E-state index in [1.54, 1.807) is 11.8 Å². The van der Waals surface area contributed by atoms with Gasteiger partial charge in [-0.05, 0) is 37.1 Å². The third-order valence-corrected chi connectivity index (χ3v) is 3.93. The second-order valence-electron chi connectivity index (χ2n) is 4.39. The monoisotopic (exact) mass is 264 g/mol. The molecule has 1 aromatic rings. The molecule has 0 spiro atoms. The molecule has 1 aromatic carbocycles. The average Bonchev–Trinajstić information content (AvgIpc) is 2.43. The molecular formula is C15H24N2S. The number of nitrogens with one attached hydrogen (secondary N) is 1.